The molecule has 0 aliphatic rings. The van der Waals surface area contributed by atoms with Crippen LogP contribution in [0.15, 0.2) is 12.1 Å². The Balaban J connectivity index is 2.91. The molecule has 0 radical (unpaired) electrons. The first-order valence-corrected chi connectivity index (χ1v) is 3.93. The Morgan fingerprint density at radius 3 is 2.75 bits per heavy atom. The van der Waals surface area contributed by atoms with Crippen molar-refractivity contribution in [2.24, 2.45) is 0 Å². The summed E-state index contributed by atoms with van der Waals surface area (Å²) in [5.74, 6) is -0.298. The standard InChI is InChI=1S/C6H6N2O3S/c1-7-6(9)4-2-3-5(12-4)8(10)11/h2-3H,1H3,(H,7,9). The molecule has 0 fully saturated rings. The van der Waals surface area contributed by atoms with Gasteiger partial charge in [0, 0.05) is 13.1 Å². The number of amides is 1. The topological polar surface area (TPSA) is 72.2 Å². The predicted octanol–water partition coefficient (Wildman–Crippen LogP) is 1.02. The van der Waals surface area contributed by atoms with Crippen LogP contribution in [0.1, 0.15) is 9.67 Å². The van der Waals surface area contributed by atoms with Crippen molar-refractivity contribution in [3.63, 3.8) is 0 Å². The first-order valence-electron chi connectivity index (χ1n) is 3.11. The minimum Gasteiger partial charge on any atom is -0.354 e. The van der Waals surface area contributed by atoms with Gasteiger partial charge in [-0.2, -0.15) is 0 Å². The van der Waals surface area contributed by atoms with Crippen LogP contribution in [0.3, 0.4) is 0 Å². The maximum atomic E-state index is 10.9. The molecule has 0 saturated heterocycles. The lowest BCUT2D eigenvalue weighted by Gasteiger charge is -1.90. The van der Waals surface area contributed by atoms with Crippen LogP contribution in [0.4, 0.5) is 5.00 Å². The van der Waals surface area contributed by atoms with Crippen molar-refractivity contribution in [3.05, 3.63) is 27.1 Å². The van der Waals surface area contributed by atoms with E-state index in [0.29, 0.717) is 4.88 Å². The van der Waals surface area contributed by atoms with Crippen LogP contribution < -0.4 is 5.32 Å². The maximum absolute atomic E-state index is 10.9. The third-order valence-corrected chi connectivity index (χ3v) is 2.26. The lowest BCUT2D eigenvalue weighted by Crippen LogP contribution is -2.15. The Morgan fingerprint density at radius 1 is 1.67 bits per heavy atom. The number of carbonyl (C=O) groups is 1. The van der Waals surface area contributed by atoms with Crippen molar-refractivity contribution in [2.75, 3.05) is 7.05 Å². The molecule has 1 aromatic rings. The number of rotatable bonds is 2. The number of hydrogen-bond donors (Lipinski definition) is 1. The maximum Gasteiger partial charge on any atom is 0.324 e. The van der Waals surface area contributed by atoms with E-state index in [1.54, 1.807) is 0 Å². The molecule has 0 spiro atoms. The molecule has 0 atom stereocenters. The number of nitrogens with one attached hydrogen (secondary N) is 1. The van der Waals surface area contributed by atoms with Crippen LogP contribution in [0, 0.1) is 10.1 Å². The largest absolute Gasteiger partial charge is 0.354 e. The van der Waals surface area contributed by atoms with E-state index in [1.165, 1.54) is 19.2 Å². The van der Waals surface area contributed by atoms with Crippen LogP contribution in [-0.2, 0) is 0 Å². The van der Waals surface area contributed by atoms with Crippen LogP contribution in [0.5, 0.6) is 0 Å². The number of hydrogen-bond acceptors (Lipinski definition) is 4. The first-order chi connectivity index (χ1) is 5.65. The lowest BCUT2D eigenvalue weighted by atomic mass is 10.4. The molecule has 1 amide bonds. The fraction of sp³-hybridized carbons (Fsp3) is 0.167. The molecular formula is C6H6N2O3S. The molecular weight excluding hydrogens is 180 g/mol. The van der Waals surface area contributed by atoms with E-state index in [0.717, 1.165) is 11.3 Å². The third-order valence-electron chi connectivity index (χ3n) is 1.22. The summed E-state index contributed by atoms with van der Waals surface area (Å²) in [6.07, 6.45) is 0. The van der Waals surface area contributed by atoms with Crippen molar-refractivity contribution in [2.45, 2.75) is 0 Å². The molecule has 0 aliphatic carbocycles. The van der Waals surface area contributed by atoms with E-state index in [4.69, 9.17) is 0 Å². The average Bonchev–Trinajstić information content (AvgIpc) is 2.51. The highest BCUT2D eigenvalue weighted by Gasteiger charge is 2.13. The zero-order valence-electron chi connectivity index (χ0n) is 6.23. The lowest BCUT2D eigenvalue weighted by molar-refractivity contribution is -0.380. The van der Waals surface area contributed by atoms with Gasteiger partial charge in [-0.1, -0.05) is 11.3 Å². The minimum absolute atomic E-state index is 0.0198. The Morgan fingerprint density at radius 2 is 2.33 bits per heavy atom. The van der Waals surface area contributed by atoms with Gasteiger partial charge in [0.25, 0.3) is 5.91 Å². The van der Waals surface area contributed by atoms with Gasteiger partial charge in [-0.3, -0.25) is 14.9 Å². The van der Waals surface area contributed by atoms with E-state index in [2.05, 4.69) is 5.32 Å². The van der Waals surface area contributed by atoms with E-state index in [1.807, 2.05) is 0 Å². The van der Waals surface area contributed by atoms with Crippen LogP contribution in [-0.4, -0.2) is 17.9 Å². The van der Waals surface area contributed by atoms with Gasteiger partial charge in [0.2, 0.25) is 0 Å². The van der Waals surface area contributed by atoms with Gasteiger partial charge in [-0.15, -0.1) is 0 Å². The summed E-state index contributed by atoms with van der Waals surface area (Å²) in [4.78, 5) is 21.0. The molecule has 6 heteroatoms. The minimum atomic E-state index is -0.517. The smallest absolute Gasteiger partial charge is 0.324 e. The highest BCUT2D eigenvalue weighted by molar-refractivity contribution is 7.17. The highest BCUT2D eigenvalue weighted by Crippen LogP contribution is 2.23. The van der Waals surface area contributed by atoms with E-state index >= 15 is 0 Å². The van der Waals surface area contributed by atoms with Gasteiger partial charge in [0.15, 0.2) is 0 Å². The SMILES string of the molecule is CNC(=O)c1ccc([N+](=O)[O-])s1. The molecule has 0 aromatic carbocycles. The summed E-state index contributed by atoms with van der Waals surface area (Å²) in [5.41, 5.74) is 0. The fourth-order valence-electron chi connectivity index (χ4n) is 0.671. The molecule has 5 nitrogen and oxygen atoms in total. The van der Waals surface area contributed by atoms with E-state index in [-0.39, 0.29) is 10.9 Å². The molecule has 64 valence electrons. The zero-order valence-corrected chi connectivity index (χ0v) is 7.05. The van der Waals surface area contributed by atoms with Crippen LogP contribution >= 0.6 is 11.3 Å². The van der Waals surface area contributed by atoms with Crippen LogP contribution in [0.25, 0.3) is 0 Å². The van der Waals surface area contributed by atoms with Gasteiger partial charge in [-0.25, -0.2) is 0 Å². The second-order valence-corrected chi connectivity index (χ2v) is 3.04. The van der Waals surface area contributed by atoms with Crippen molar-refractivity contribution in [1.82, 2.24) is 5.32 Å². The third kappa shape index (κ3) is 1.59. The normalized spacial score (nSPS) is 9.42. The average molecular weight is 186 g/mol. The monoisotopic (exact) mass is 186 g/mol. The number of nitro groups is 1. The van der Waals surface area contributed by atoms with Crippen molar-refractivity contribution >= 4 is 22.2 Å². The fourth-order valence-corrected chi connectivity index (χ4v) is 1.44. The summed E-state index contributed by atoms with van der Waals surface area (Å²) in [5, 5.41) is 12.6. The molecule has 1 N–H and O–H groups in total. The first kappa shape index (κ1) is 8.66. The van der Waals surface area contributed by atoms with Crippen molar-refractivity contribution in [1.29, 1.82) is 0 Å². The molecule has 0 bridgehead atoms. The highest BCUT2D eigenvalue weighted by atomic mass is 32.1. The summed E-state index contributed by atoms with van der Waals surface area (Å²) in [7, 11) is 1.48. The van der Waals surface area contributed by atoms with E-state index in [9.17, 15) is 14.9 Å². The second kappa shape index (κ2) is 3.31. The van der Waals surface area contributed by atoms with Gasteiger partial charge < -0.3 is 5.32 Å². The van der Waals surface area contributed by atoms with Gasteiger partial charge >= 0.3 is 5.00 Å². The Bertz CT molecular complexity index is 320. The quantitative estimate of drug-likeness (QED) is 0.553. The number of carbonyl (C=O) groups excluding carboxylic acids is 1. The zero-order chi connectivity index (χ0) is 9.14. The van der Waals surface area contributed by atoms with E-state index < -0.39 is 4.92 Å². The summed E-state index contributed by atoms with van der Waals surface area (Å²) >= 11 is 0.863. The number of thiophene rings is 1. The summed E-state index contributed by atoms with van der Waals surface area (Å²) in [6, 6.07) is 2.75. The molecule has 0 saturated carbocycles. The van der Waals surface area contributed by atoms with Gasteiger partial charge in [0.05, 0.1) is 9.80 Å². The van der Waals surface area contributed by atoms with Gasteiger partial charge in [-0.05, 0) is 6.07 Å². The molecule has 1 rings (SSSR count). The molecule has 0 unspecified atom stereocenters. The van der Waals surface area contributed by atoms with Gasteiger partial charge in [0.1, 0.15) is 0 Å². The van der Waals surface area contributed by atoms with Crippen molar-refractivity contribution in [3.8, 4) is 0 Å². The Kier molecular flexibility index (Phi) is 2.39. The summed E-state index contributed by atoms with van der Waals surface area (Å²) < 4.78 is 0. The second-order valence-electron chi connectivity index (χ2n) is 1.97. The predicted molar refractivity (Wildman–Crippen MR) is 44.4 cm³/mol. The number of nitrogens with zero attached hydrogens (tertiary/aromatic N) is 1. The molecule has 1 aromatic heterocycles. The molecule has 1 heterocycles. The molecule has 12 heavy (non-hydrogen) atoms. The van der Waals surface area contributed by atoms with Crippen LogP contribution in [0.2, 0.25) is 0 Å². The summed E-state index contributed by atoms with van der Waals surface area (Å²) in [6.45, 7) is 0. The Labute approximate surface area is 72.2 Å². The molecule has 0 aliphatic heterocycles. The van der Waals surface area contributed by atoms with Crippen molar-refractivity contribution < 1.29 is 9.72 Å². The Hall–Kier alpha value is -1.43.